The van der Waals surface area contributed by atoms with E-state index in [0.29, 0.717) is 16.7 Å². The molecule has 19 heavy (non-hydrogen) atoms. The topological polar surface area (TPSA) is 39.2 Å². The lowest BCUT2D eigenvalue weighted by atomic mass is 9.99. The van der Waals surface area contributed by atoms with E-state index in [9.17, 15) is 8.78 Å². The van der Waals surface area contributed by atoms with E-state index in [1.54, 1.807) is 30.3 Å². The molecule has 2 N–H and O–H groups in total. The number of furan rings is 1. The lowest BCUT2D eigenvalue weighted by molar-refractivity contribution is 0.0436. The molecule has 0 unspecified atom stereocenters. The van der Waals surface area contributed by atoms with Gasteiger partial charge >= 0.3 is 5.92 Å². The number of nitrogen functional groups attached to an aromatic ring is 1. The van der Waals surface area contributed by atoms with E-state index in [4.69, 9.17) is 10.2 Å². The van der Waals surface area contributed by atoms with Gasteiger partial charge < -0.3 is 10.2 Å². The normalized spacial score (nSPS) is 11.9. The van der Waals surface area contributed by atoms with Crippen molar-refractivity contribution in [2.24, 2.45) is 0 Å². The molecule has 2 nitrogen and oxygen atoms in total. The van der Waals surface area contributed by atoms with E-state index in [1.165, 1.54) is 18.2 Å². The van der Waals surface area contributed by atoms with Gasteiger partial charge in [-0.25, -0.2) is 0 Å². The summed E-state index contributed by atoms with van der Waals surface area (Å²) in [4.78, 5) is 0. The minimum atomic E-state index is -3.14. The molecule has 0 fully saturated rings. The fourth-order valence-corrected chi connectivity index (χ4v) is 2.11. The van der Waals surface area contributed by atoms with E-state index >= 15 is 0 Å². The van der Waals surface area contributed by atoms with Crippen LogP contribution in [0, 0.1) is 0 Å². The van der Waals surface area contributed by atoms with Crippen LogP contribution in [0.1, 0.15) is 11.1 Å². The van der Waals surface area contributed by atoms with Crippen LogP contribution >= 0.6 is 0 Å². The molecular formula is C15H11F2NO. The second-order valence-electron chi connectivity index (χ2n) is 4.35. The summed E-state index contributed by atoms with van der Waals surface area (Å²) in [7, 11) is 0. The zero-order chi connectivity index (χ0) is 13.5. The van der Waals surface area contributed by atoms with Crippen molar-refractivity contribution < 1.29 is 13.2 Å². The first-order valence-corrected chi connectivity index (χ1v) is 5.79. The van der Waals surface area contributed by atoms with Crippen LogP contribution in [0.4, 0.5) is 14.5 Å². The van der Waals surface area contributed by atoms with Gasteiger partial charge in [0.2, 0.25) is 0 Å². The number of rotatable bonds is 2. The molecule has 3 aromatic rings. The van der Waals surface area contributed by atoms with Crippen LogP contribution in [0.25, 0.3) is 11.0 Å². The standard InChI is InChI=1S/C15H11F2NO/c16-15(17,10-4-3-5-11(18)8-10)13-9-19-14-7-2-1-6-12(13)14/h1-9H,18H2. The number of alkyl halides is 2. The summed E-state index contributed by atoms with van der Waals surface area (Å²) in [5.41, 5.74) is 6.04. The fraction of sp³-hybridized carbons (Fsp3) is 0.0667. The van der Waals surface area contributed by atoms with E-state index in [1.807, 2.05) is 0 Å². The number of hydrogen-bond donors (Lipinski definition) is 1. The van der Waals surface area contributed by atoms with E-state index in [0.717, 1.165) is 6.26 Å². The Morgan fingerprint density at radius 2 is 1.79 bits per heavy atom. The van der Waals surface area contributed by atoms with E-state index in [2.05, 4.69) is 0 Å². The van der Waals surface area contributed by atoms with Gasteiger partial charge in [-0.1, -0.05) is 30.3 Å². The fourth-order valence-electron chi connectivity index (χ4n) is 2.11. The predicted molar refractivity (Wildman–Crippen MR) is 70.1 cm³/mol. The summed E-state index contributed by atoms with van der Waals surface area (Å²) >= 11 is 0. The number of nitrogens with two attached hydrogens (primary N) is 1. The van der Waals surface area contributed by atoms with Crippen molar-refractivity contribution in [2.45, 2.75) is 5.92 Å². The molecule has 0 aliphatic rings. The summed E-state index contributed by atoms with van der Waals surface area (Å²) in [5, 5.41) is 0.412. The zero-order valence-electron chi connectivity index (χ0n) is 9.94. The Bertz CT molecular complexity index is 734. The molecule has 0 saturated heterocycles. The van der Waals surface area contributed by atoms with Crippen molar-refractivity contribution >= 4 is 16.7 Å². The molecule has 3 rings (SSSR count). The number of benzene rings is 2. The molecule has 96 valence electrons. The Morgan fingerprint density at radius 3 is 2.58 bits per heavy atom. The highest BCUT2D eigenvalue weighted by molar-refractivity contribution is 5.82. The lowest BCUT2D eigenvalue weighted by Gasteiger charge is -2.16. The Kier molecular flexibility index (Phi) is 2.52. The maximum absolute atomic E-state index is 14.5. The number of halogens is 2. The molecule has 0 bridgehead atoms. The summed E-state index contributed by atoms with van der Waals surface area (Å²) in [6, 6.07) is 12.5. The highest BCUT2D eigenvalue weighted by atomic mass is 19.3. The van der Waals surface area contributed by atoms with Crippen LogP contribution in [0.2, 0.25) is 0 Å². The van der Waals surface area contributed by atoms with Gasteiger partial charge in [0.05, 0.1) is 5.56 Å². The molecule has 0 atom stereocenters. The third-order valence-electron chi connectivity index (χ3n) is 3.07. The molecule has 0 saturated carbocycles. The van der Waals surface area contributed by atoms with Crippen molar-refractivity contribution in [1.29, 1.82) is 0 Å². The molecule has 0 amide bonds. The first kappa shape index (κ1) is 11.7. The molecule has 2 aromatic carbocycles. The summed E-state index contributed by atoms with van der Waals surface area (Å²) < 4.78 is 34.2. The average molecular weight is 259 g/mol. The van der Waals surface area contributed by atoms with Crippen molar-refractivity contribution in [2.75, 3.05) is 5.73 Å². The minimum absolute atomic E-state index is 0.140. The number of fused-ring (bicyclic) bond motifs is 1. The Labute approximate surface area is 108 Å². The Morgan fingerprint density at radius 1 is 1.00 bits per heavy atom. The smallest absolute Gasteiger partial charge is 0.302 e. The molecule has 4 heteroatoms. The van der Waals surface area contributed by atoms with Gasteiger partial charge in [-0.3, -0.25) is 0 Å². The quantitative estimate of drug-likeness (QED) is 0.702. The van der Waals surface area contributed by atoms with Crippen molar-refractivity contribution in [3.8, 4) is 0 Å². The summed E-state index contributed by atoms with van der Waals surface area (Å²) in [6.07, 6.45) is 1.11. The van der Waals surface area contributed by atoms with Crippen LogP contribution in [-0.2, 0) is 5.92 Å². The van der Waals surface area contributed by atoms with E-state index in [-0.39, 0.29) is 11.1 Å². The Hall–Kier alpha value is -2.36. The van der Waals surface area contributed by atoms with Gasteiger partial charge in [-0.2, -0.15) is 8.78 Å². The van der Waals surface area contributed by atoms with Crippen LogP contribution in [-0.4, -0.2) is 0 Å². The second kappa shape index (κ2) is 4.09. The zero-order valence-corrected chi connectivity index (χ0v) is 9.94. The monoisotopic (exact) mass is 259 g/mol. The average Bonchev–Trinajstić information content (AvgIpc) is 2.83. The lowest BCUT2D eigenvalue weighted by Crippen LogP contribution is -2.14. The molecule has 0 aliphatic heterocycles. The van der Waals surface area contributed by atoms with Gasteiger partial charge in [0, 0.05) is 16.6 Å². The van der Waals surface area contributed by atoms with Crippen LogP contribution in [0.3, 0.4) is 0 Å². The predicted octanol–water partition coefficient (Wildman–Crippen LogP) is 4.16. The van der Waals surface area contributed by atoms with Crippen LogP contribution in [0.15, 0.2) is 59.2 Å². The van der Waals surface area contributed by atoms with Crippen LogP contribution in [0.5, 0.6) is 0 Å². The van der Waals surface area contributed by atoms with Gasteiger partial charge in [0.25, 0.3) is 0 Å². The van der Waals surface area contributed by atoms with Crippen molar-refractivity contribution in [3.63, 3.8) is 0 Å². The molecule has 0 spiro atoms. The summed E-state index contributed by atoms with van der Waals surface area (Å²) in [6.45, 7) is 0. The third-order valence-corrected chi connectivity index (χ3v) is 3.07. The second-order valence-corrected chi connectivity index (χ2v) is 4.35. The van der Waals surface area contributed by atoms with Gasteiger partial charge in [-0.05, 0) is 18.2 Å². The maximum Gasteiger partial charge on any atom is 0.302 e. The first-order chi connectivity index (χ1) is 9.09. The van der Waals surface area contributed by atoms with E-state index < -0.39 is 5.92 Å². The van der Waals surface area contributed by atoms with Gasteiger partial charge in [-0.15, -0.1) is 0 Å². The largest absolute Gasteiger partial charge is 0.464 e. The van der Waals surface area contributed by atoms with Crippen LogP contribution < -0.4 is 5.73 Å². The first-order valence-electron chi connectivity index (χ1n) is 5.79. The number of para-hydroxylation sites is 1. The third kappa shape index (κ3) is 1.85. The molecule has 1 aromatic heterocycles. The maximum atomic E-state index is 14.5. The summed E-state index contributed by atoms with van der Waals surface area (Å²) in [5.74, 6) is -3.14. The number of hydrogen-bond acceptors (Lipinski definition) is 2. The van der Waals surface area contributed by atoms with Gasteiger partial charge in [0.15, 0.2) is 0 Å². The van der Waals surface area contributed by atoms with Gasteiger partial charge in [0.1, 0.15) is 11.8 Å². The molecule has 1 heterocycles. The molecule has 0 aliphatic carbocycles. The molecular weight excluding hydrogens is 248 g/mol. The molecule has 0 radical (unpaired) electrons. The highest BCUT2D eigenvalue weighted by Gasteiger charge is 2.37. The van der Waals surface area contributed by atoms with Crippen molar-refractivity contribution in [1.82, 2.24) is 0 Å². The number of anilines is 1. The highest BCUT2D eigenvalue weighted by Crippen LogP contribution is 2.40. The Balaban J connectivity index is 2.19. The minimum Gasteiger partial charge on any atom is -0.464 e. The van der Waals surface area contributed by atoms with Crippen molar-refractivity contribution in [3.05, 3.63) is 65.9 Å². The SMILES string of the molecule is Nc1cccc(C(F)(F)c2coc3ccccc23)c1.